The third-order valence-corrected chi connectivity index (χ3v) is 1.54. The molecule has 0 aromatic carbocycles. The summed E-state index contributed by atoms with van der Waals surface area (Å²) in [6.45, 7) is 6.70. The number of hydrogen-bond donors (Lipinski definition) is 1. The van der Waals surface area contributed by atoms with Crippen molar-refractivity contribution in [2.75, 3.05) is 6.54 Å². The normalized spacial score (nSPS) is 13.1. The fourth-order valence-corrected chi connectivity index (χ4v) is 0.894. The summed E-state index contributed by atoms with van der Waals surface area (Å²) in [5.41, 5.74) is 0. The third kappa shape index (κ3) is 3.62. The van der Waals surface area contributed by atoms with E-state index in [0.29, 0.717) is 0 Å². The Hall–Kier alpha value is -0.370. The first kappa shape index (κ1) is 9.63. The van der Waals surface area contributed by atoms with Crippen molar-refractivity contribution in [1.82, 2.24) is 5.32 Å². The molecule has 0 radical (unpaired) electrons. The number of carbonyl (C=O) groups excluding carboxylic acids is 1. The molecule has 60 valence electrons. The van der Waals surface area contributed by atoms with Crippen LogP contribution in [0.2, 0.25) is 0 Å². The van der Waals surface area contributed by atoms with Crippen LogP contribution in [0, 0.1) is 0 Å². The molecule has 0 aliphatic heterocycles. The van der Waals surface area contributed by atoms with Crippen molar-refractivity contribution in [2.24, 2.45) is 0 Å². The summed E-state index contributed by atoms with van der Waals surface area (Å²) >= 11 is 0. The number of hydrogen-bond acceptors (Lipinski definition) is 2. The maximum Gasteiger partial charge on any atom is 0.146 e. The lowest BCUT2D eigenvalue weighted by Gasteiger charge is -2.11. The van der Waals surface area contributed by atoms with Gasteiger partial charge in [0.1, 0.15) is 5.78 Å². The molecule has 0 aliphatic carbocycles. The van der Waals surface area contributed by atoms with Gasteiger partial charge in [-0.2, -0.15) is 0 Å². The largest absolute Gasteiger partial charge is 0.308 e. The Labute approximate surface area is 63.0 Å². The van der Waals surface area contributed by atoms with Crippen LogP contribution in [0.4, 0.5) is 0 Å². The summed E-state index contributed by atoms with van der Waals surface area (Å²) in [6.07, 6.45) is 1.99. The van der Waals surface area contributed by atoms with E-state index < -0.39 is 0 Å². The fraction of sp³-hybridized carbons (Fsp3) is 0.875. The van der Waals surface area contributed by atoms with Crippen LogP contribution < -0.4 is 5.32 Å². The number of carbonyl (C=O) groups is 1. The van der Waals surface area contributed by atoms with Gasteiger partial charge in [0.05, 0.1) is 6.04 Å². The minimum absolute atomic E-state index is 0.0833. The first-order valence-corrected chi connectivity index (χ1v) is 3.96. The average molecular weight is 143 g/mol. The number of Topliss-reactive ketones (excluding diaryl/α,β-unsaturated/α-hetero) is 1. The smallest absolute Gasteiger partial charge is 0.146 e. The van der Waals surface area contributed by atoms with Gasteiger partial charge in [0, 0.05) is 0 Å². The molecule has 2 nitrogen and oxygen atoms in total. The van der Waals surface area contributed by atoms with Crippen LogP contribution in [-0.4, -0.2) is 18.4 Å². The summed E-state index contributed by atoms with van der Waals surface area (Å²) in [5.74, 6) is 0.246. The van der Waals surface area contributed by atoms with Gasteiger partial charge in [0.25, 0.3) is 0 Å². The van der Waals surface area contributed by atoms with E-state index in [1.165, 1.54) is 0 Å². The quantitative estimate of drug-likeness (QED) is 0.629. The van der Waals surface area contributed by atoms with Gasteiger partial charge in [-0.3, -0.25) is 4.79 Å². The number of rotatable bonds is 5. The lowest BCUT2D eigenvalue weighted by molar-refractivity contribution is -0.119. The Bertz CT molecular complexity index is 101. The van der Waals surface area contributed by atoms with Crippen LogP contribution in [0.1, 0.15) is 33.6 Å². The zero-order valence-electron chi connectivity index (χ0n) is 7.11. The van der Waals surface area contributed by atoms with E-state index in [1.54, 1.807) is 6.92 Å². The molecule has 0 saturated carbocycles. The Balaban J connectivity index is 3.50. The Morgan fingerprint density at radius 2 is 2.10 bits per heavy atom. The number of ketones is 1. The Kier molecular flexibility index (Phi) is 5.22. The van der Waals surface area contributed by atoms with Gasteiger partial charge in [-0.05, 0) is 26.3 Å². The SMILES string of the molecule is CCCNC(CC)C(C)=O. The molecule has 0 aromatic heterocycles. The van der Waals surface area contributed by atoms with Crippen molar-refractivity contribution in [3.8, 4) is 0 Å². The predicted molar refractivity (Wildman–Crippen MR) is 43.1 cm³/mol. The van der Waals surface area contributed by atoms with Crippen molar-refractivity contribution < 1.29 is 4.79 Å². The topological polar surface area (TPSA) is 29.1 Å². The Morgan fingerprint density at radius 1 is 1.50 bits per heavy atom. The molecule has 0 aliphatic rings. The van der Waals surface area contributed by atoms with E-state index in [-0.39, 0.29) is 11.8 Å². The zero-order valence-corrected chi connectivity index (χ0v) is 7.11. The number of nitrogens with one attached hydrogen (secondary N) is 1. The lowest BCUT2D eigenvalue weighted by atomic mass is 10.1. The van der Waals surface area contributed by atoms with E-state index in [2.05, 4.69) is 12.2 Å². The van der Waals surface area contributed by atoms with Crippen LogP contribution in [0.15, 0.2) is 0 Å². The van der Waals surface area contributed by atoms with Crippen LogP contribution in [-0.2, 0) is 4.79 Å². The average Bonchev–Trinajstić information content (AvgIpc) is 1.89. The van der Waals surface area contributed by atoms with Gasteiger partial charge in [-0.15, -0.1) is 0 Å². The minimum Gasteiger partial charge on any atom is -0.308 e. The molecule has 1 unspecified atom stereocenters. The van der Waals surface area contributed by atoms with Gasteiger partial charge in [-0.1, -0.05) is 13.8 Å². The summed E-state index contributed by atoms with van der Waals surface area (Å²) < 4.78 is 0. The van der Waals surface area contributed by atoms with Gasteiger partial charge in [0.2, 0.25) is 0 Å². The molecule has 0 spiro atoms. The zero-order chi connectivity index (χ0) is 7.98. The molecule has 1 N–H and O–H groups in total. The maximum absolute atomic E-state index is 10.8. The Morgan fingerprint density at radius 3 is 2.40 bits per heavy atom. The summed E-state index contributed by atoms with van der Waals surface area (Å²) in [4.78, 5) is 10.8. The van der Waals surface area contributed by atoms with Crippen molar-refractivity contribution in [3.05, 3.63) is 0 Å². The third-order valence-electron chi connectivity index (χ3n) is 1.54. The predicted octanol–water partition coefficient (Wildman–Crippen LogP) is 1.35. The standard InChI is InChI=1S/C8H17NO/c1-4-6-9-8(5-2)7(3)10/h8-9H,4-6H2,1-3H3. The van der Waals surface area contributed by atoms with Crippen LogP contribution in [0.3, 0.4) is 0 Å². The van der Waals surface area contributed by atoms with Gasteiger partial charge in [0.15, 0.2) is 0 Å². The second-order valence-corrected chi connectivity index (χ2v) is 2.53. The molecule has 0 amide bonds. The highest BCUT2D eigenvalue weighted by molar-refractivity contribution is 5.81. The van der Waals surface area contributed by atoms with Crippen LogP contribution in [0.5, 0.6) is 0 Å². The lowest BCUT2D eigenvalue weighted by Crippen LogP contribution is -2.34. The van der Waals surface area contributed by atoms with Crippen LogP contribution in [0.25, 0.3) is 0 Å². The van der Waals surface area contributed by atoms with Gasteiger partial charge >= 0.3 is 0 Å². The van der Waals surface area contributed by atoms with E-state index >= 15 is 0 Å². The van der Waals surface area contributed by atoms with Crippen molar-refractivity contribution in [2.45, 2.75) is 39.7 Å². The summed E-state index contributed by atoms with van der Waals surface area (Å²) in [7, 11) is 0. The van der Waals surface area contributed by atoms with E-state index in [1.807, 2.05) is 6.92 Å². The van der Waals surface area contributed by atoms with E-state index in [0.717, 1.165) is 19.4 Å². The van der Waals surface area contributed by atoms with Crippen molar-refractivity contribution in [1.29, 1.82) is 0 Å². The van der Waals surface area contributed by atoms with E-state index in [9.17, 15) is 4.79 Å². The van der Waals surface area contributed by atoms with Crippen LogP contribution >= 0.6 is 0 Å². The molecule has 0 fully saturated rings. The van der Waals surface area contributed by atoms with Crippen molar-refractivity contribution >= 4 is 5.78 Å². The molecular weight excluding hydrogens is 126 g/mol. The molecule has 0 aromatic rings. The molecule has 0 heterocycles. The van der Waals surface area contributed by atoms with Gasteiger partial charge < -0.3 is 5.32 Å². The highest BCUT2D eigenvalue weighted by atomic mass is 16.1. The molecule has 10 heavy (non-hydrogen) atoms. The highest BCUT2D eigenvalue weighted by Crippen LogP contribution is 1.91. The van der Waals surface area contributed by atoms with E-state index in [4.69, 9.17) is 0 Å². The maximum atomic E-state index is 10.8. The van der Waals surface area contributed by atoms with Crippen molar-refractivity contribution in [3.63, 3.8) is 0 Å². The minimum atomic E-state index is 0.0833. The molecule has 0 rings (SSSR count). The molecular formula is C8H17NO. The second kappa shape index (κ2) is 5.42. The highest BCUT2D eigenvalue weighted by Gasteiger charge is 2.08. The first-order valence-electron chi connectivity index (χ1n) is 3.96. The fourth-order valence-electron chi connectivity index (χ4n) is 0.894. The van der Waals surface area contributed by atoms with Gasteiger partial charge in [-0.25, -0.2) is 0 Å². The summed E-state index contributed by atoms with van der Waals surface area (Å²) in [5, 5.41) is 3.17. The molecule has 0 bridgehead atoms. The second-order valence-electron chi connectivity index (χ2n) is 2.53. The first-order chi connectivity index (χ1) is 4.72. The molecule has 0 saturated heterocycles. The summed E-state index contributed by atoms with van der Waals surface area (Å²) in [6, 6.07) is 0.0833. The monoisotopic (exact) mass is 143 g/mol. The molecule has 2 heteroatoms. The molecule has 1 atom stereocenters.